The first-order valence-corrected chi connectivity index (χ1v) is 6.24. The fourth-order valence-electron chi connectivity index (χ4n) is 1.77. The number of halogens is 1. The van der Waals surface area contributed by atoms with Gasteiger partial charge in [-0.2, -0.15) is 5.10 Å². The van der Waals surface area contributed by atoms with Crippen LogP contribution in [0.4, 0.5) is 0 Å². The van der Waals surface area contributed by atoms with Gasteiger partial charge in [-0.3, -0.25) is 4.68 Å². The molecule has 0 aromatic carbocycles. The Balaban J connectivity index is 2.44. The quantitative estimate of drug-likeness (QED) is 0.914. The fourth-order valence-corrected chi connectivity index (χ4v) is 3.03. The molecule has 2 aromatic rings. The molecule has 5 heteroatoms. The molecule has 0 aliphatic heterocycles. The molecule has 2 aromatic heterocycles. The summed E-state index contributed by atoms with van der Waals surface area (Å²) in [6, 6.07) is 4.36. The molecule has 0 saturated carbocycles. The molecule has 1 unspecified atom stereocenters. The highest BCUT2D eigenvalue weighted by molar-refractivity contribution is 7.12. The Labute approximate surface area is 104 Å². The third kappa shape index (κ3) is 2.00. The number of rotatable bonds is 3. The van der Waals surface area contributed by atoms with Crippen LogP contribution in [0.1, 0.15) is 21.5 Å². The Kier molecular flexibility index (Phi) is 3.33. The monoisotopic (exact) mass is 255 g/mol. The van der Waals surface area contributed by atoms with Gasteiger partial charge in [-0.15, -0.1) is 11.3 Å². The van der Waals surface area contributed by atoms with E-state index in [1.54, 1.807) is 17.5 Å². The van der Waals surface area contributed by atoms with Gasteiger partial charge in [-0.25, -0.2) is 0 Å². The summed E-state index contributed by atoms with van der Waals surface area (Å²) in [5.41, 5.74) is 1.01. The maximum Gasteiger partial charge on any atom is 0.0854 e. The fraction of sp³-hybridized carbons (Fsp3) is 0.364. The maximum atomic E-state index is 6.16. The van der Waals surface area contributed by atoms with Crippen LogP contribution in [0.25, 0.3) is 0 Å². The van der Waals surface area contributed by atoms with E-state index in [9.17, 15) is 0 Å². The molecule has 0 fully saturated rings. The van der Waals surface area contributed by atoms with Crippen LogP contribution in [0.5, 0.6) is 0 Å². The number of aromatic nitrogens is 2. The number of hydrogen-bond acceptors (Lipinski definition) is 3. The lowest BCUT2D eigenvalue weighted by atomic mass is 10.1. The second-order valence-electron chi connectivity index (χ2n) is 3.67. The zero-order chi connectivity index (χ0) is 11.7. The van der Waals surface area contributed by atoms with Gasteiger partial charge in [-0.05, 0) is 26.1 Å². The first-order chi connectivity index (χ1) is 7.63. The number of aryl methyl sites for hydroxylation is 2. The molecule has 1 atom stereocenters. The second-order valence-corrected chi connectivity index (χ2v) is 5.40. The van der Waals surface area contributed by atoms with Crippen LogP contribution in [0.2, 0.25) is 5.02 Å². The molecule has 0 spiro atoms. The molecule has 0 radical (unpaired) electrons. The molecular formula is C11H14ClN3S. The van der Waals surface area contributed by atoms with Crippen molar-refractivity contribution >= 4 is 22.9 Å². The van der Waals surface area contributed by atoms with Crippen molar-refractivity contribution in [2.24, 2.45) is 7.05 Å². The Hall–Kier alpha value is -0.840. The summed E-state index contributed by atoms with van der Waals surface area (Å²) in [6.07, 6.45) is 1.68. The zero-order valence-corrected chi connectivity index (χ0v) is 11.1. The van der Waals surface area contributed by atoms with Crippen LogP contribution in [-0.2, 0) is 7.05 Å². The maximum absolute atomic E-state index is 6.16. The zero-order valence-electron chi connectivity index (χ0n) is 9.49. The highest BCUT2D eigenvalue weighted by atomic mass is 35.5. The van der Waals surface area contributed by atoms with Crippen LogP contribution in [0.3, 0.4) is 0 Å². The van der Waals surface area contributed by atoms with Gasteiger partial charge in [-0.1, -0.05) is 11.6 Å². The molecule has 2 heterocycles. The summed E-state index contributed by atoms with van der Waals surface area (Å²) in [6.45, 7) is 2.10. The van der Waals surface area contributed by atoms with Crippen LogP contribution in [0, 0.1) is 6.92 Å². The van der Waals surface area contributed by atoms with Crippen molar-refractivity contribution in [2.45, 2.75) is 13.0 Å². The van der Waals surface area contributed by atoms with Gasteiger partial charge >= 0.3 is 0 Å². The van der Waals surface area contributed by atoms with E-state index in [2.05, 4.69) is 29.5 Å². The third-order valence-electron chi connectivity index (χ3n) is 2.55. The SMILES string of the molecule is CNC(c1ccc(C)s1)c1c(Cl)cnn1C. The summed E-state index contributed by atoms with van der Waals surface area (Å²) >= 11 is 7.93. The number of nitrogens with zero attached hydrogens (tertiary/aromatic N) is 2. The normalized spacial score (nSPS) is 13.0. The number of thiophene rings is 1. The first-order valence-electron chi connectivity index (χ1n) is 5.04. The smallest absolute Gasteiger partial charge is 0.0854 e. The van der Waals surface area contributed by atoms with E-state index >= 15 is 0 Å². The lowest BCUT2D eigenvalue weighted by molar-refractivity contribution is 0.613. The third-order valence-corrected chi connectivity index (χ3v) is 3.90. The summed E-state index contributed by atoms with van der Waals surface area (Å²) in [5.74, 6) is 0. The van der Waals surface area contributed by atoms with Crippen molar-refractivity contribution in [3.05, 3.63) is 38.8 Å². The largest absolute Gasteiger partial charge is 0.307 e. The van der Waals surface area contributed by atoms with Gasteiger partial charge in [0.15, 0.2) is 0 Å². The standard InChI is InChI=1S/C11H14ClN3S/c1-7-4-5-9(16-7)10(13-2)11-8(12)6-14-15(11)3/h4-6,10,13H,1-3H3. The lowest BCUT2D eigenvalue weighted by Crippen LogP contribution is -2.20. The number of nitrogens with one attached hydrogen (secondary N) is 1. The summed E-state index contributed by atoms with van der Waals surface area (Å²) in [5, 5.41) is 8.15. The van der Waals surface area contributed by atoms with Crippen LogP contribution < -0.4 is 5.32 Å². The molecular weight excluding hydrogens is 242 g/mol. The van der Waals surface area contributed by atoms with E-state index in [0.29, 0.717) is 5.02 Å². The van der Waals surface area contributed by atoms with Crippen molar-refractivity contribution in [1.29, 1.82) is 0 Å². The van der Waals surface area contributed by atoms with E-state index < -0.39 is 0 Å². The van der Waals surface area contributed by atoms with E-state index in [1.807, 2.05) is 18.8 Å². The Bertz CT molecular complexity index is 470. The molecule has 0 amide bonds. The van der Waals surface area contributed by atoms with E-state index in [0.717, 1.165) is 5.69 Å². The topological polar surface area (TPSA) is 29.9 Å². The highest BCUT2D eigenvalue weighted by Crippen LogP contribution is 2.31. The predicted octanol–water partition coefficient (Wildman–Crippen LogP) is 2.75. The van der Waals surface area contributed by atoms with Crippen LogP contribution in [0.15, 0.2) is 18.3 Å². The second kappa shape index (κ2) is 4.57. The van der Waals surface area contributed by atoms with E-state index in [-0.39, 0.29) is 6.04 Å². The van der Waals surface area contributed by atoms with Crippen LogP contribution >= 0.6 is 22.9 Å². The van der Waals surface area contributed by atoms with Gasteiger partial charge < -0.3 is 5.32 Å². The highest BCUT2D eigenvalue weighted by Gasteiger charge is 2.20. The van der Waals surface area contributed by atoms with Gasteiger partial charge in [0.2, 0.25) is 0 Å². The molecule has 0 aliphatic rings. The van der Waals surface area contributed by atoms with E-state index in [1.165, 1.54) is 9.75 Å². The molecule has 16 heavy (non-hydrogen) atoms. The lowest BCUT2D eigenvalue weighted by Gasteiger charge is -2.15. The molecule has 0 saturated heterocycles. The van der Waals surface area contributed by atoms with Crippen molar-refractivity contribution < 1.29 is 0 Å². The first kappa shape index (κ1) is 11.6. The number of hydrogen-bond donors (Lipinski definition) is 1. The minimum absolute atomic E-state index is 0.110. The van der Waals surface area contributed by atoms with Crippen LogP contribution in [-0.4, -0.2) is 16.8 Å². The molecule has 1 N–H and O–H groups in total. The average Bonchev–Trinajstić information content (AvgIpc) is 2.80. The molecule has 0 bridgehead atoms. The van der Waals surface area contributed by atoms with Crippen molar-refractivity contribution in [2.75, 3.05) is 7.05 Å². The molecule has 0 aliphatic carbocycles. The van der Waals surface area contributed by atoms with E-state index in [4.69, 9.17) is 11.6 Å². The van der Waals surface area contributed by atoms with Crippen molar-refractivity contribution in [3.8, 4) is 0 Å². The minimum atomic E-state index is 0.110. The van der Waals surface area contributed by atoms with Crippen molar-refractivity contribution in [3.63, 3.8) is 0 Å². The minimum Gasteiger partial charge on any atom is -0.307 e. The molecule has 2 rings (SSSR count). The Morgan fingerprint density at radius 3 is 2.69 bits per heavy atom. The van der Waals surface area contributed by atoms with Crippen molar-refractivity contribution in [1.82, 2.24) is 15.1 Å². The van der Waals surface area contributed by atoms with Gasteiger partial charge in [0.25, 0.3) is 0 Å². The summed E-state index contributed by atoms with van der Waals surface area (Å²) < 4.78 is 1.82. The predicted molar refractivity (Wildman–Crippen MR) is 68.2 cm³/mol. The summed E-state index contributed by atoms with van der Waals surface area (Å²) in [4.78, 5) is 2.55. The summed E-state index contributed by atoms with van der Waals surface area (Å²) in [7, 11) is 3.84. The van der Waals surface area contributed by atoms with Gasteiger partial charge in [0, 0.05) is 16.8 Å². The molecule has 86 valence electrons. The average molecular weight is 256 g/mol. The molecule has 3 nitrogen and oxygen atoms in total. The van der Waals surface area contributed by atoms with Gasteiger partial charge in [0.05, 0.1) is 23.0 Å². The Morgan fingerprint density at radius 2 is 2.25 bits per heavy atom. The van der Waals surface area contributed by atoms with Gasteiger partial charge in [0.1, 0.15) is 0 Å². The Morgan fingerprint density at radius 1 is 1.50 bits per heavy atom.